The van der Waals surface area contributed by atoms with E-state index in [2.05, 4.69) is 27.2 Å². The molecule has 96 valence electrons. The molecule has 1 aliphatic carbocycles. The van der Waals surface area contributed by atoms with Crippen molar-refractivity contribution >= 4 is 0 Å². The molecule has 1 unspecified atom stereocenters. The summed E-state index contributed by atoms with van der Waals surface area (Å²) in [6.45, 7) is 2.80. The van der Waals surface area contributed by atoms with Gasteiger partial charge in [0.15, 0.2) is 0 Å². The van der Waals surface area contributed by atoms with Gasteiger partial charge in [-0.1, -0.05) is 18.1 Å². The van der Waals surface area contributed by atoms with Crippen LogP contribution in [0.25, 0.3) is 0 Å². The average Bonchev–Trinajstić information content (AvgIpc) is 2.96. The first-order chi connectivity index (χ1) is 8.27. The molecule has 1 atom stereocenters. The van der Waals surface area contributed by atoms with Gasteiger partial charge in [-0.05, 0) is 26.8 Å². The predicted octanol–water partition coefficient (Wildman–Crippen LogP) is 1.82. The molecule has 0 aliphatic heterocycles. The third-order valence-corrected chi connectivity index (χ3v) is 3.56. The van der Waals surface area contributed by atoms with Crippen molar-refractivity contribution in [1.29, 1.82) is 0 Å². The fourth-order valence-corrected chi connectivity index (χ4v) is 2.58. The van der Waals surface area contributed by atoms with E-state index in [1.54, 1.807) is 7.11 Å². The molecule has 0 aromatic carbocycles. The summed E-state index contributed by atoms with van der Waals surface area (Å²) >= 11 is 0. The molecule has 2 rings (SSSR count). The van der Waals surface area contributed by atoms with Gasteiger partial charge in [0.25, 0.3) is 0 Å². The van der Waals surface area contributed by atoms with E-state index in [9.17, 15) is 0 Å². The van der Waals surface area contributed by atoms with E-state index in [0.717, 1.165) is 17.9 Å². The van der Waals surface area contributed by atoms with Crippen molar-refractivity contribution < 1.29 is 4.74 Å². The second-order valence-corrected chi connectivity index (χ2v) is 4.71. The molecule has 1 fully saturated rings. The van der Waals surface area contributed by atoms with Gasteiger partial charge in [0.05, 0.1) is 17.8 Å². The van der Waals surface area contributed by atoms with Crippen LogP contribution in [0.4, 0.5) is 0 Å². The van der Waals surface area contributed by atoms with Gasteiger partial charge < -0.3 is 10.1 Å². The molecule has 17 heavy (non-hydrogen) atoms. The van der Waals surface area contributed by atoms with Crippen molar-refractivity contribution in [3.63, 3.8) is 0 Å². The maximum atomic E-state index is 5.45. The lowest BCUT2D eigenvalue weighted by molar-refractivity contribution is 0.108. The molecular formula is C12H22N4O. The molecule has 5 nitrogen and oxygen atoms in total. The summed E-state index contributed by atoms with van der Waals surface area (Å²) < 4.78 is 7.54. The van der Waals surface area contributed by atoms with E-state index in [4.69, 9.17) is 4.74 Å². The van der Waals surface area contributed by atoms with Gasteiger partial charge in [-0.15, -0.1) is 5.10 Å². The van der Waals surface area contributed by atoms with Crippen molar-refractivity contribution in [1.82, 2.24) is 20.3 Å². The number of hydrogen-bond acceptors (Lipinski definition) is 4. The van der Waals surface area contributed by atoms with Crippen LogP contribution in [-0.4, -0.2) is 29.2 Å². The van der Waals surface area contributed by atoms with E-state index < -0.39 is 0 Å². The van der Waals surface area contributed by atoms with Crippen LogP contribution in [-0.2, 0) is 11.3 Å². The molecular weight excluding hydrogens is 216 g/mol. The normalized spacial score (nSPS) is 18.8. The lowest BCUT2D eigenvalue weighted by Gasteiger charge is -2.17. The Hall–Kier alpha value is -0.940. The van der Waals surface area contributed by atoms with E-state index in [0.29, 0.717) is 6.04 Å². The van der Waals surface area contributed by atoms with E-state index in [1.165, 1.54) is 25.7 Å². The molecule has 1 aromatic heterocycles. The summed E-state index contributed by atoms with van der Waals surface area (Å²) in [4.78, 5) is 0. The molecule has 0 spiro atoms. The molecule has 0 amide bonds. The Morgan fingerprint density at radius 3 is 2.76 bits per heavy atom. The van der Waals surface area contributed by atoms with Crippen LogP contribution in [0, 0.1) is 0 Å². The second-order valence-electron chi connectivity index (χ2n) is 4.71. The van der Waals surface area contributed by atoms with Gasteiger partial charge in [0.2, 0.25) is 0 Å². The predicted molar refractivity (Wildman–Crippen MR) is 65.7 cm³/mol. The van der Waals surface area contributed by atoms with Crippen molar-refractivity contribution in [2.45, 2.75) is 51.3 Å². The second kappa shape index (κ2) is 5.60. The van der Waals surface area contributed by atoms with Crippen molar-refractivity contribution in [3.8, 4) is 0 Å². The van der Waals surface area contributed by atoms with Gasteiger partial charge in [-0.2, -0.15) is 0 Å². The first-order valence-corrected chi connectivity index (χ1v) is 6.39. The zero-order chi connectivity index (χ0) is 12.3. The third-order valence-electron chi connectivity index (χ3n) is 3.56. The number of hydrogen-bond donors (Lipinski definition) is 1. The Labute approximate surface area is 103 Å². The van der Waals surface area contributed by atoms with Gasteiger partial charge in [-0.25, -0.2) is 4.68 Å². The van der Waals surface area contributed by atoms with Gasteiger partial charge in [0, 0.05) is 13.7 Å². The van der Waals surface area contributed by atoms with Crippen LogP contribution in [0.1, 0.15) is 56.1 Å². The largest absolute Gasteiger partial charge is 0.375 e. The van der Waals surface area contributed by atoms with Gasteiger partial charge in [-0.3, -0.25) is 0 Å². The molecule has 0 radical (unpaired) electrons. The molecule has 5 heteroatoms. The zero-order valence-corrected chi connectivity index (χ0v) is 10.9. The van der Waals surface area contributed by atoms with E-state index in [-0.39, 0.29) is 6.10 Å². The molecule has 1 N–H and O–H groups in total. The van der Waals surface area contributed by atoms with Crippen molar-refractivity contribution in [2.75, 3.05) is 14.2 Å². The van der Waals surface area contributed by atoms with Gasteiger partial charge in [0.1, 0.15) is 5.69 Å². The Bertz CT molecular complexity index is 357. The molecule has 0 saturated heterocycles. The fraction of sp³-hybridized carbons (Fsp3) is 0.833. The highest BCUT2D eigenvalue weighted by Crippen LogP contribution is 2.32. The van der Waals surface area contributed by atoms with Crippen LogP contribution in [0.5, 0.6) is 0 Å². The standard InChI is InChI=1S/C12H22N4O/c1-9(17-3)12-11(8-13-2)14-15-16(12)10-6-4-5-7-10/h9-10,13H,4-8H2,1-3H3. The summed E-state index contributed by atoms with van der Waals surface area (Å²) in [6, 6.07) is 0.515. The Morgan fingerprint density at radius 1 is 1.47 bits per heavy atom. The smallest absolute Gasteiger partial charge is 0.102 e. The number of ether oxygens (including phenoxy) is 1. The SMILES string of the molecule is CNCc1nnn(C2CCCC2)c1C(C)OC. The molecule has 0 bridgehead atoms. The minimum absolute atomic E-state index is 0.0500. The summed E-state index contributed by atoms with van der Waals surface area (Å²) in [5, 5.41) is 11.8. The van der Waals surface area contributed by atoms with Crippen LogP contribution in [0.3, 0.4) is 0 Å². The number of nitrogens with zero attached hydrogens (tertiary/aromatic N) is 3. The quantitative estimate of drug-likeness (QED) is 0.850. The van der Waals surface area contributed by atoms with Crippen LogP contribution < -0.4 is 5.32 Å². The Balaban J connectivity index is 2.30. The molecule has 1 heterocycles. The summed E-state index contributed by atoms with van der Waals surface area (Å²) in [6.07, 6.45) is 5.07. The maximum Gasteiger partial charge on any atom is 0.102 e. The average molecular weight is 238 g/mol. The van der Waals surface area contributed by atoms with E-state index in [1.807, 2.05) is 7.05 Å². The van der Waals surface area contributed by atoms with Crippen LogP contribution in [0.15, 0.2) is 0 Å². The van der Waals surface area contributed by atoms with Crippen molar-refractivity contribution in [3.05, 3.63) is 11.4 Å². The fourth-order valence-electron chi connectivity index (χ4n) is 2.58. The number of rotatable bonds is 5. The molecule has 1 saturated carbocycles. The Kier molecular flexibility index (Phi) is 4.12. The van der Waals surface area contributed by atoms with Crippen LogP contribution >= 0.6 is 0 Å². The van der Waals surface area contributed by atoms with E-state index >= 15 is 0 Å². The maximum absolute atomic E-state index is 5.45. The number of nitrogens with one attached hydrogen (secondary N) is 1. The summed E-state index contributed by atoms with van der Waals surface area (Å²) in [7, 11) is 3.66. The Morgan fingerprint density at radius 2 is 2.18 bits per heavy atom. The van der Waals surface area contributed by atoms with Gasteiger partial charge >= 0.3 is 0 Å². The van der Waals surface area contributed by atoms with Crippen molar-refractivity contribution in [2.24, 2.45) is 0 Å². The topological polar surface area (TPSA) is 52.0 Å². The molecule has 1 aliphatic rings. The summed E-state index contributed by atoms with van der Waals surface area (Å²) in [5.74, 6) is 0. The lowest BCUT2D eigenvalue weighted by atomic mass is 10.2. The lowest BCUT2D eigenvalue weighted by Crippen LogP contribution is -2.16. The highest BCUT2D eigenvalue weighted by molar-refractivity contribution is 5.14. The summed E-state index contributed by atoms with van der Waals surface area (Å²) in [5.41, 5.74) is 2.14. The highest BCUT2D eigenvalue weighted by atomic mass is 16.5. The molecule has 1 aromatic rings. The minimum atomic E-state index is 0.0500. The monoisotopic (exact) mass is 238 g/mol. The first kappa shape index (κ1) is 12.5. The third kappa shape index (κ3) is 2.50. The minimum Gasteiger partial charge on any atom is -0.375 e. The zero-order valence-electron chi connectivity index (χ0n) is 10.9. The number of methoxy groups -OCH3 is 1. The van der Waals surface area contributed by atoms with Crippen LogP contribution in [0.2, 0.25) is 0 Å². The highest BCUT2D eigenvalue weighted by Gasteiger charge is 2.25. The first-order valence-electron chi connectivity index (χ1n) is 6.39. The number of aromatic nitrogens is 3.